The molecule has 4 heterocycles. The van der Waals surface area contributed by atoms with E-state index in [1.54, 1.807) is 31.0 Å². The maximum Gasteiger partial charge on any atom is 0.329 e. The average molecular weight is 422 g/mol. The second-order valence-corrected chi connectivity index (χ2v) is 8.17. The van der Waals surface area contributed by atoms with Gasteiger partial charge in [0.1, 0.15) is 5.65 Å². The summed E-state index contributed by atoms with van der Waals surface area (Å²) in [7, 11) is 3.08. The molecule has 1 fully saturated rings. The molecule has 0 aliphatic heterocycles. The van der Waals surface area contributed by atoms with Crippen molar-refractivity contribution in [3.8, 4) is 11.8 Å². The molecule has 0 unspecified atom stereocenters. The molecule has 4 aromatic heterocycles. The molecular formula is C22H26N6O3. The summed E-state index contributed by atoms with van der Waals surface area (Å²) in [5.41, 5.74) is 2.42. The second kappa shape index (κ2) is 7.72. The van der Waals surface area contributed by atoms with E-state index in [4.69, 9.17) is 9.47 Å². The fourth-order valence-electron chi connectivity index (χ4n) is 4.77. The van der Waals surface area contributed by atoms with Crippen LogP contribution in [0.1, 0.15) is 44.5 Å². The topological polar surface area (TPSA) is 99.8 Å². The Kier molecular flexibility index (Phi) is 4.88. The van der Waals surface area contributed by atoms with Crippen LogP contribution in [0.25, 0.3) is 22.1 Å². The number of fused-ring (bicyclic) bond motifs is 3. The number of imidazole rings is 1. The minimum atomic E-state index is -0.0605. The van der Waals surface area contributed by atoms with Gasteiger partial charge in [-0.2, -0.15) is 9.97 Å². The summed E-state index contributed by atoms with van der Waals surface area (Å²) in [5.74, 6) is 1.67. The van der Waals surface area contributed by atoms with Crippen LogP contribution < -0.4 is 15.2 Å². The van der Waals surface area contributed by atoms with Crippen molar-refractivity contribution < 1.29 is 9.47 Å². The van der Waals surface area contributed by atoms with Crippen LogP contribution in [-0.4, -0.2) is 43.3 Å². The summed E-state index contributed by atoms with van der Waals surface area (Å²) in [6, 6.07) is 3.76. The third-order valence-corrected chi connectivity index (χ3v) is 6.35. The van der Waals surface area contributed by atoms with Crippen molar-refractivity contribution in [3.05, 3.63) is 40.8 Å². The quantitative estimate of drug-likeness (QED) is 0.530. The monoisotopic (exact) mass is 422 g/mol. The van der Waals surface area contributed by atoms with Crippen LogP contribution in [0.3, 0.4) is 0 Å². The van der Waals surface area contributed by atoms with Crippen molar-refractivity contribution in [1.82, 2.24) is 29.1 Å². The first-order valence-electron chi connectivity index (χ1n) is 10.6. The van der Waals surface area contributed by atoms with Crippen molar-refractivity contribution >= 4 is 22.1 Å². The largest absolute Gasteiger partial charge is 0.481 e. The molecule has 9 heteroatoms. The second-order valence-electron chi connectivity index (χ2n) is 8.17. The normalized spacial score (nSPS) is 19.2. The Hall–Kier alpha value is -3.36. The highest BCUT2D eigenvalue weighted by Gasteiger charge is 2.29. The zero-order valence-corrected chi connectivity index (χ0v) is 18.0. The van der Waals surface area contributed by atoms with Crippen molar-refractivity contribution in [3.63, 3.8) is 0 Å². The number of ether oxygens (including phenoxy) is 2. The molecule has 0 bridgehead atoms. The first kappa shape index (κ1) is 19.6. The van der Waals surface area contributed by atoms with Crippen LogP contribution >= 0.6 is 0 Å². The standard InChI is InChI=1S/C22H26N6O3/c1-13-6-4-5-7-15(13)28-20-14-8-9-23-21(14)24-11-16(20)27(22(28)29)12-17-25-18(30-2)10-19(26-17)31-3/h8-11,13,15H,4-7,12H2,1-3H3,(H,23,24)/t13-,15+/m1/s1. The van der Waals surface area contributed by atoms with Crippen LogP contribution in [0.2, 0.25) is 0 Å². The summed E-state index contributed by atoms with van der Waals surface area (Å²) in [6.07, 6.45) is 8.09. The average Bonchev–Trinajstić information content (AvgIpc) is 3.37. The van der Waals surface area contributed by atoms with Gasteiger partial charge in [0, 0.05) is 17.6 Å². The van der Waals surface area contributed by atoms with E-state index in [2.05, 4.69) is 26.9 Å². The lowest BCUT2D eigenvalue weighted by molar-refractivity contribution is 0.256. The highest BCUT2D eigenvalue weighted by molar-refractivity contribution is 6.01. The Bertz CT molecular complexity index is 1280. The third kappa shape index (κ3) is 3.24. The number of nitrogens with zero attached hydrogens (tertiary/aromatic N) is 5. The van der Waals surface area contributed by atoms with E-state index in [9.17, 15) is 4.79 Å². The number of aromatic nitrogens is 6. The molecule has 4 aromatic rings. The van der Waals surface area contributed by atoms with Gasteiger partial charge in [-0.15, -0.1) is 0 Å². The fraction of sp³-hybridized carbons (Fsp3) is 0.455. The highest BCUT2D eigenvalue weighted by Crippen LogP contribution is 2.36. The Morgan fingerprint density at radius 1 is 1.16 bits per heavy atom. The van der Waals surface area contributed by atoms with Gasteiger partial charge in [-0.1, -0.05) is 19.8 Å². The van der Waals surface area contributed by atoms with Crippen LogP contribution in [0, 0.1) is 5.92 Å². The number of hydrogen-bond donors (Lipinski definition) is 1. The maximum absolute atomic E-state index is 13.8. The van der Waals surface area contributed by atoms with E-state index in [-0.39, 0.29) is 18.3 Å². The summed E-state index contributed by atoms with van der Waals surface area (Å²) in [6.45, 7) is 2.44. The minimum Gasteiger partial charge on any atom is -0.481 e. The Morgan fingerprint density at radius 3 is 2.61 bits per heavy atom. The van der Waals surface area contributed by atoms with E-state index in [0.717, 1.165) is 41.3 Å². The van der Waals surface area contributed by atoms with Gasteiger partial charge in [0.15, 0.2) is 5.82 Å². The maximum atomic E-state index is 13.8. The fourth-order valence-corrected chi connectivity index (χ4v) is 4.77. The molecule has 2 atom stereocenters. The molecule has 31 heavy (non-hydrogen) atoms. The number of pyridine rings is 1. The predicted octanol–water partition coefficient (Wildman–Crippen LogP) is 3.29. The zero-order chi connectivity index (χ0) is 21.5. The third-order valence-electron chi connectivity index (χ3n) is 6.35. The Labute approximate surface area is 179 Å². The first-order chi connectivity index (χ1) is 15.1. The first-order valence-corrected chi connectivity index (χ1v) is 10.6. The highest BCUT2D eigenvalue weighted by atomic mass is 16.5. The molecule has 1 N–H and O–H groups in total. The summed E-state index contributed by atoms with van der Waals surface area (Å²) in [5, 5.41) is 0.954. The molecule has 1 aliphatic rings. The predicted molar refractivity (Wildman–Crippen MR) is 117 cm³/mol. The lowest BCUT2D eigenvalue weighted by atomic mass is 9.85. The van der Waals surface area contributed by atoms with Crippen LogP contribution in [-0.2, 0) is 6.54 Å². The molecular weight excluding hydrogens is 396 g/mol. The number of nitrogens with one attached hydrogen (secondary N) is 1. The van der Waals surface area contributed by atoms with Gasteiger partial charge in [0.05, 0.1) is 44.1 Å². The Morgan fingerprint density at radius 2 is 1.90 bits per heavy atom. The van der Waals surface area contributed by atoms with Crippen molar-refractivity contribution in [2.75, 3.05) is 14.2 Å². The number of rotatable bonds is 5. The molecule has 1 saturated carbocycles. The minimum absolute atomic E-state index is 0.0605. The molecule has 0 radical (unpaired) electrons. The van der Waals surface area contributed by atoms with Gasteiger partial charge in [0.2, 0.25) is 11.8 Å². The lowest BCUT2D eigenvalue weighted by Gasteiger charge is -2.29. The Balaban J connectivity index is 1.72. The van der Waals surface area contributed by atoms with Gasteiger partial charge < -0.3 is 14.5 Å². The van der Waals surface area contributed by atoms with Crippen molar-refractivity contribution in [1.29, 1.82) is 0 Å². The van der Waals surface area contributed by atoms with Crippen LogP contribution in [0.5, 0.6) is 11.8 Å². The number of H-pyrrole nitrogens is 1. The van der Waals surface area contributed by atoms with Crippen LogP contribution in [0.4, 0.5) is 0 Å². The summed E-state index contributed by atoms with van der Waals surface area (Å²) < 4.78 is 14.2. The zero-order valence-electron chi connectivity index (χ0n) is 18.0. The molecule has 5 rings (SSSR count). The summed E-state index contributed by atoms with van der Waals surface area (Å²) in [4.78, 5) is 30.3. The molecule has 162 valence electrons. The van der Waals surface area contributed by atoms with Gasteiger partial charge >= 0.3 is 5.69 Å². The molecule has 0 spiro atoms. The smallest absolute Gasteiger partial charge is 0.329 e. The molecule has 1 aliphatic carbocycles. The molecule has 0 saturated heterocycles. The van der Waals surface area contributed by atoms with Gasteiger partial charge in [-0.25, -0.2) is 9.78 Å². The van der Waals surface area contributed by atoms with E-state index in [1.807, 2.05) is 16.8 Å². The summed E-state index contributed by atoms with van der Waals surface area (Å²) >= 11 is 0. The number of hydrogen-bond acceptors (Lipinski definition) is 6. The van der Waals surface area contributed by atoms with E-state index >= 15 is 0 Å². The van der Waals surface area contributed by atoms with Gasteiger partial charge in [-0.3, -0.25) is 9.13 Å². The van der Waals surface area contributed by atoms with Gasteiger partial charge in [-0.05, 0) is 24.8 Å². The van der Waals surface area contributed by atoms with Gasteiger partial charge in [0.25, 0.3) is 0 Å². The van der Waals surface area contributed by atoms with E-state index in [1.165, 1.54) is 6.42 Å². The SMILES string of the molecule is COc1cc(OC)nc(Cn2c(=O)n([C@H]3CCCC[C@H]3C)c3c4cc[nH]c4ncc32)n1. The molecule has 0 amide bonds. The molecule has 0 aromatic carbocycles. The molecule has 9 nitrogen and oxygen atoms in total. The van der Waals surface area contributed by atoms with E-state index < -0.39 is 0 Å². The van der Waals surface area contributed by atoms with Crippen molar-refractivity contribution in [2.24, 2.45) is 5.92 Å². The number of aromatic amines is 1. The van der Waals surface area contributed by atoms with Crippen LogP contribution in [0.15, 0.2) is 29.3 Å². The number of methoxy groups -OCH3 is 2. The lowest BCUT2D eigenvalue weighted by Crippen LogP contribution is -2.32. The van der Waals surface area contributed by atoms with Crippen molar-refractivity contribution in [2.45, 2.75) is 45.2 Å². The van der Waals surface area contributed by atoms with E-state index in [0.29, 0.717) is 23.5 Å².